The van der Waals surface area contributed by atoms with E-state index in [9.17, 15) is 9.59 Å². The van der Waals surface area contributed by atoms with Crippen molar-refractivity contribution in [3.8, 4) is 28.6 Å². The van der Waals surface area contributed by atoms with Gasteiger partial charge in [0.2, 0.25) is 5.88 Å². The summed E-state index contributed by atoms with van der Waals surface area (Å²) in [5, 5.41) is 4.29. The molecule has 3 rings (SSSR count). The van der Waals surface area contributed by atoms with Crippen LogP contribution in [-0.4, -0.2) is 47.0 Å². The molecule has 2 heterocycles. The number of ether oxygens (including phenoxy) is 3. The zero-order valence-electron chi connectivity index (χ0n) is 16.0. The fourth-order valence-electron chi connectivity index (χ4n) is 2.59. The van der Waals surface area contributed by atoms with Gasteiger partial charge in [-0.05, 0) is 36.4 Å². The molecule has 3 aromatic rings. The van der Waals surface area contributed by atoms with Crippen molar-refractivity contribution >= 4 is 11.9 Å². The molecular formula is C20H20N4O5. The number of benzene rings is 1. The van der Waals surface area contributed by atoms with Gasteiger partial charge in [-0.3, -0.25) is 9.59 Å². The Bertz CT molecular complexity index is 997. The van der Waals surface area contributed by atoms with Gasteiger partial charge in [0.15, 0.2) is 5.69 Å². The predicted octanol–water partition coefficient (Wildman–Crippen LogP) is 1.98. The standard InChI is InChI=1S/C20H20N4O5/c1-13(25)28-9-10-29-16-6-3-14(4-7-16)18-11-17(20(21)26)23-24(18)15-5-8-19(27-2)22-12-15/h3-8,11-12H,9-10H2,1-2H3,(H2,21,26). The fourth-order valence-corrected chi connectivity index (χ4v) is 2.59. The van der Waals surface area contributed by atoms with Gasteiger partial charge in [-0.2, -0.15) is 5.10 Å². The van der Waals surface area contributed by atoms with Crippen LogP contribution in [0.15, 0.2) is 48.7 Å². The second-order valence-electron chi connectivity index (χ2n) is 5.96. The lowest BCUT2D eigenvalue weighted by atomic mass is 10.1. The third-order valence-electron chi connectivity index (χ3n) is 3.94. The topological polar surface area (TPSA) is 119 Å². The van der Waals surface area contributed by atoms with Crippen LogP contribution in [0.25, 0.3) is 16.9 Å². The molecule has 9 heteroatoms. The number of esters is 1. The van der Waals surface area contributed by atoms with Gasteiger partial charge in [-0.25, -0.2) is 9.67 Å². The summed E-state index contributed by atoms with van der Waals surface area (Å²) in [6.07, 6.45) is 1.59. The van der Waals surface area contributed by atoms with Crippen LogP contribution in [0.4, 0.5) is 0 Å². The number of amides is 1. The van der Waals surface area contributed by atoms with Crippen molar-refractivity contribution in [3.05, 3.63) is 54.4 Å². The smallest absolute Gasteiger partial charge is 0.302 e. The van der Waals surface area contributed by atoms with E-state index in [4.69, 9.17) is 19.9 Å². The summed E-state index contributed by atoms with van der Waals surface area (Å²) >= 11 is 0. The Labute approximate surface area is 167 Å². The Morgan fingerprint density at radius 2 is 1.86 bits per heavy atom. The Hall–Kier alpha value is -3.88. The maximum Gasteiger partial charge on any atom is 0.302 e. The first-order valence-corrected chi connectivity index (χ1v) is 8.75. The lowest BCUT2D eigenvalue weighted by Gasteiger charge is -2.10. The quantitative estimate of drug-likeness (QED) is 0.457. The van der Waals surface area contributed by atoms with Gasteiger partial charge in [0.05, 0.1) is 24.7 Å². The van der Waals surface area contributed by atoms with Gasteiger partial charge in [-0.1, -0.05) is 0 Å². The van der Waals surface area contributed by atoms with Crippen LogP contribution in [0.1, 0.15) is 17.4 Å². The van der Waals surface area contributed by atoms with Crippen LogP contribution in [0.5, 0.6) is 11.6 Å². The van der Waals surface area contributed by atoms with Crippen molar-refractivity contribution in [1.29, 1.82) is 0 Å². The summed E-state index contributed by atoms with van der Waals surface area (Å²) < 4.78 is 17.0. The number of carbonyl (C=O) groups excluding carboxylic acids is 2. The van der Waals surface area contributed by atoms with E-state index in [1.807, 2.05) is 12.1 Å². The van der Waals surface area contributed by atoms with Gasteiger partial charge in [0.1, 0.15) is 19.0 Å². The average Bonchev–Trinajstić information content (AvgIpc) is 3.17. The largest absolute Gasteiger partial charge is 0.490 e. The minimum absolute atomic E-state index is 0.137. The van der Waals surface area contributed by atoms with Crippen molar-refractivity contribution in [2.75, 3.05) is 20.3 Å². The third-order valence-corrected chi connectivity index (χ3v) is 3.94. The van der Waals surface area contributed by atoms with Crippen molar-refractivity contribution in [2.45, 2.75) is 6.92 Å². The number of pyridine rings is 1. The molecule has 0 atom stereocenters. The fraction of sp³-hybridized carbons (Fsp3) is 0.200. The number of nitrogens with zero attached hydrogens (tertiary/aromatic N) is 3. The Kier molecular flexibility index (Phi) is 6.08. The third kappa shape index (κ3) is 4.89. The van der Waals surface area contributed by atoms with Crippen molar-refractivity contribution in [1.82, 2.24) is 14.8 Å². The first-order valence-electron chi connectivity index (χ1n) is 8.75. The lowest BCUT2D eigenvalue weighted by molar-refractivity contribution is -0.141. The molecule has 0 fully saturated rings. The van der Waals surface area contributed by atoms with Crippen LogP contribution < -0.4 is 15.2 Å². The summed E-state index contributed by atoms with van der Waals surface area (Å²) in [7, 11) is 1.53. The summed E-state index contributed by atoms with van der Waals surface area (Å²) in [5.41, 5.74) is 7.65. The molecule has 2 aromatic heterocycles. The number of methoxy groups -OCH3 is 1. The molecule has 0 bridgehead atoms. The number of nitrogens with two attached hydrogens (primary N) is 1. The lowest BCUT2D eigenvalue weighted by Crippen LogP contribution is -2.12. The molecule has 0 aliphatic rings. The minimum atomic E-state index is -0.628. The molecule has 0 aliphatic heterocycles. The maximum atomic E-state index is 11.6. The average molecular weight is 396 g/mol. The van der Waals surface area contributed by atoms with Crippen LogP contribution in [0, 0.1) is 0 Å². The second-order valence-corrected chi connectivity index (χ2v) is 5.96. The highest BCUT2D eigenvalue weighted by molar-refractivity contribution is 5.92. The van der Waals surface area contributed by atoms with Crippen molar-refractivity contribution in [3.63, 3.8) is 0 Å². The number of hydrogen-bond donors (Lipinski definition) is 1. The SMILES string of the molecule is COc1ccc(-n2nc(C(N)=O)cc2-c2ccc(OCCOC(C)=O)cc2)cn1. The number of primary amides is 1. The Balaban J connectivity index is 1.85. The van der Waals surface area contributed by atoms with Gasteiger partial charge in [-0.15, -0.1) is 0 Å². The molecule has 2 N–H and O–H groups in total. The molecule has 0 saturated heterocycles. The van der Waals surface area contributed by atoms with Crippen LogP contribution >= 0.6 is 0 Å². The molecule has 1 amide bonds. The zero-order valence-corrected chi connectivity index (χ0v) is 16.0. The highest BCUT2D eigenvalue weighted by Gasteiger charge is 2.15. The summed E-state index contributed by atoms with van der Waals surface area (Å²) in [6, 6.07) is 12.3. The number of hydrogen-bond acceptors (Lipinski definition) is 7. The van der Waals surface area contributed by atoms with Crippen LogP contribution in [0.2, 0.25) is 0 Å². The van der Waals surface area contributed by atoms with E-state index in [0.29, 0.717) is 23.0 Å². The first kappa shape index (κ1) is 19.9. The van der Waals surface area contributed by atoms with Crippen LogP contribution in [0.3, 0.4) is 0 Å². The van der Waals surface area contributed by atoms with E-state index in [1.165, 1.54) is 14.0 Å². The summed E-state index contributed by atoms with van der Waals surface area (Å²) in [4.78, 5) is 26.6. The zero-order chi connectivity index (χ0) is 20.8. The molecule has 0 unspecified atom stereocenters. The first-order chi connectivity index (χ1) is 14.0. The van der Waals surface area contributed by atoms with E-state index in [-0.39, 0.29) is 24.9 Å². The molecule has 1 aromatic carbocycles. The molecule has 29 heavy (non-hydrogen) atoms. The summed E-state index contributed by atoms with van der Waals surface area (Å²) in [6.45, 7) is 1.77. The van der Waals surface area contributed by atoms with Gasteiger partial charge in [0.25, 0.3) is 5.91 Å². The molecule has 150 valence electrons. The number of rotatable bonds is 8. The maximum absolute atomic E-state index is 11.6. The Morgan fingerprint density at radius 3 is 2.45 bits per heavy atom. The molecule has 9 nitrogen and oxygen atoms in total. The van der Waals surface area contributed by atoms with E-state index < -0.39 is 5.91 Å². The van der Waals surface area contributed by atoms with E-state index in [0.717, 1.165) is 5.56 Å². The molecule has 0 radical (unpaired) electrons. The molecular weight excluding hydrogens is 376 g/mol. The van der Waals surface area contributed by atoms with Gasteiger partial charge in [0, 0.05) is 18.6 Å². The molecule has 0 spiro atoms. The van der Waals surface area contributed by atoms with E-state index in [2.05, 4.69) is 10.1 Å². The van der Waals surface area contributed by atoms with Crippen molar-refractivity contribution < 1.29 is 23.8 Å². The number of carbonyl (C=O) groups is 2. The molecule has 0 saturated carbocycles. The normalized spacial score (nSPS) is 10.4. The van der Waals surface area contributed by atoms with E-state index >= 15 is 0 Å². The minimum Gasteiger partial charge on any atom is -0.490 e. The van der Waals surface area contributed by atoms with Gasteiger partial charge >= 0.3 is 5.97 Å². The second kappa shape index (κ2) is 8.87. The van der Waals surface area contributed by atoms with Gasteiger partial charge < -0.3 is 19.9 Å². The highest BCUT2D eigenvalue weighted by atomic mass is 16.6. The molecule has 0 aliphatic carbocycles. The monoisotopic (exact) mass is 396 g/mol. The van der Waals surface area contributed by atoms with Crippen LogP contribution in [-0.2, 0) is 9.53 Å². The van der Waals surface area contributed by atoms with E-state index in [1.54, 1.807) is 41.2 Å². The highest BCUT2D eigenvalue weighted by Crippen LogP contribution is 2.26. The predicted molar refractivity (Wildman–Crippen MR) is 104 cm³/mol. The Morgan fingerprint density at radius 1 is 1.10 bits per heavy atom. The summed E-state index contributed by atoms with van der Waals surface area (Å²) in [5.74, 6) is 0.105. The van der Waals surface area contributed by atoms with Crippen molar-refractivity contribution in [2.24, 2.45) is 5.73 Å². The number of aromatic nitrogens is 3.